The summed E-state index contributed by atoms with van der Waals surface area (Å²) in [7, 11) is 1.66. The van der Waals surface area contributed by atoms with E-state index in [0.717, 1.165) is 59.2 Å². The van der Waals surface area contributed by atoms with Gasteiger partial charge in [0.25, 0.3) is 0 Å². The van der Waals surface area contributed by atoms with E-state index in [1.54, 1.807) is 14.0 Å². The predicted molar refractivity (Wildman–Crippen MR) is 194 cm³/mol. The molecule has 2 aliphatic rings. The van der Waals surface area contributed by atoms with Gasteiger partial charge in [0.05, 0.1) is 18.2 Å². The first-order valence-electron chi connectivity index (χ1n) is 16.4. The fourth-order valence-electron chi connectivity index (χ4n) is 6.95. The van der Waals surface area contributed by atoms with Crippen molar-refractivity contribution in [1.29, 1.82) is 0 Å². The zero-order valence-electron chi connectivity index (χ0n) is 27.9. The fraction of sp³-hybridized carbons (Fsp3) is 0.395. The zero-order chi connectivity index (χ0) is 34.6. The van der Waals surface area contributed by atoms with E-state index in [2.05, 4.69) is 95.0 Å². The maximum Gasteiger partial charge on any atom is 0.217 e. The lowest BCUT2D eigenvalue weighted by atomic mass is 9.72. The number of fused-ring (bicyclic) bond motifs is 1. The SMILES string of the molecule is CC#CCOOOO.COc1nc2ccc(Br)cc2cc1C(c1ccc(Cl)cc1)C1(O)CCN(C2CCN(Cc3ccccc3)CC2)CC1. The van der Waals surface area contributed by atoms with Crippen molar-refractivity contribution in [2.24, 2.45) is 0 Å². The number of rotatable bonds is 10. The van der Waals surface area contributed by atoms with Crippen LogP contribution in [-0.2, 0) is 21.5 Å². The number of ether oxygens (including phenoxy) is 1. The molecule has 2 aliphatic heterocycles. The Morgan fingerprint density at radius 1 is 1.00 bits per heavy atom. The van der Waals surface area contributed by atoms with Crippen LogP contribution in [0.5, 0.6) is 5.88 Å². The van der Waals surface area contributed by atoms with Crippen LogP contribution in [0.2, 0.25) is 5.02 Å². The number of piperidine rings is 2. The summed E-state index contributed by atoms with van der Waals surface area (Å²) in [4.78, 5) is 14.1. The van der Waals surface area contributed by atoms with Gasteiger partial charge >= 0.3 is 0 Å². The van der Waals surface area contributed by atoms with Crippen LogP contribution >= 0.6 is 27.5 Å². The standard InChI is InChI=1S/C34H37BrClN3O2.C4H6O4/c1-41-33-30(22-26-21-27(35)9-12-31(26)37-33)32(25-7-10-28(36)11-8-25)34(40)15-19-39(20-16-34)29-13-17-38(18-14-29)23-24-5-3-2-4-6-24;1-2-3-4-6-8-7-5/h2-12,21-22,29,32,40H,13-20,23H2,1H3;5H,4H2,1H3. The lowest BCUT2D eigenvalue weighted by Gasteiger charge is -2.47. The molecule has 9 nitrogen and oxygen atoms in total. The van der Waals surface area contributed by atoms with Crippen molar-refractivity contribution in [3.8, 4) is 17.7 Å². The topological polar surface area (TPSA) is 96.8 Å². The lowest BCUT2D eigenvalue weighted by Crippen LogP contribution is -2.53. The molecular weight excluding hydrogens is 710 g/mol. The predicted octanol–water partition coefficient (Wildman–Crippen LogP) is 7.65. The Balaban J connectivity index is 0.000000523. The smallest absolute Gasteiger partial charge is 0.217 e. The molecule has 2 saturated heterocycles. The molecule has 0 spiro atoms. The molecule has 3 heterocycles. The first kappa shape index (κ1) is 37.2. The third-order valence-corrected chi connectivity index (χ3v) is 10.1. The molecule has 1 atom stereocenters. The average molecular weight is 753 g/mol. The van der Waals surface area contributed by atoms with Crippen molar-refractivity contribution in [3.05, 3.63) is 105 Å². The summed E-state index contributed by atoms with van der Waals surface area (Å²) in [5.74, 6) is 5.29. The highest BCUT2D eigenvalue weighted by molar-refractivity contribution is 9.10. The van der Waals surface area contributed by atoms with Crippen LogP contribution in [0, 0.1) is 11.8 Å². The molecule has 6 rings (SSSR count). The molecule has 0 bridgehead atoms. The van der Waals surface area contributed by atoms with Crippen LogP contribution in [0.15, 0.2) is 83.3 Å². The molecule has 0 radical (unpaired) electrons. The molecule has 2 N–H and O–H groups in total. The minimum absolute atomic E-state index is 0.0804. The normalized spacial score (nSPS) is 17.4. The number of hydrogen-bond acceptors (Lipinski definition) is 9. The van der Waals surface area contributed by atoms with E-state index in [1.807, 2.05) is 36.4 Å². The molecule has 260 valence electrons. The summed E-state index contributed by atoms with van der Waals surface area (Å²) in [6.45, 7) is 6.73. The molecular formula is C38H43BrClN3O6. The second kappa shape index (κ2) is 18.2. The van der Waals surface area contributed by atoms with Gasteiger partial charge in [-0.25, -0.2) is 10.2 Å². The summed E-state index contributed by atoms with van der Waals surface area (Å²) in [6, 6.07) is 27.4. The second-order valence-corrected chi connectivity index (χ2v) is 13.7. The Hall–Kier alpha value is -3.08. The summed E-state index contributed by atoms with van der Waals surface area (Å²) < 4.78 is 6.83. The van der Waals surface area contributed by atoms with Crippen molar-refractivity contribution < 1.29 is 30.1 Å². The van der Waals surface area contributed by atoms with E-state index in [4.69, 9.17) is 26.6 Å². The lowest BCUT2D eigenvalue weighted by molar-refractivity contribution is -0.620. The number of hydrogen-bond donors (Lipinski definition) is 2. The minimum atomic E-state index is -0.938. The van der Waals surface area contributed by atoms with Crippen molar-refractivity contribution in [2.45, 2.75) is 56.7 Å². The highest BCUT2D eigenvalue weighted by atomic mass is 79.9. The first-order valence-corrected chi connectivity index (χ1v) is 17.6. The monoisotopic (exact) mass is 751 g/mol. The Labute approximate surface area is 301 Å². The van der Waals surface area contributed by atoms with Crippen LogP contribution in [-0.4, -0.2) is 76.7 Å². The van der Waals surface area contributed by atoms with Gasteiger partial charge < -0.3 is 14.7 Å². The van der Waals surface area contributed by atoms with Gasteiger partial charge in [-0.2, -0.15) is 4.89 Å². The number of aromatic nitrogens is 1. The summed E-state index contributed by atoms with van der Waals surface area (Å²) >= 11 is 9.89. The summed E-state index contributed by atoms with van der Waals surface area (Å²) in [5.41, 5.74) is 3.24. The maximum absolute atomic E-state index is 12.4. The van der Waals surface area contributed by atoms with Gasteiger partial charge in [0.15, 0.2) is 0 Å². The van der Waals surface area contributed by atoms with E-state index < -0.39 is 5.60 Å². The van der Waals surface area contributed by atoms with Gasteiger partial charge in [0.1, 0.15) is 6.61 Å². The van der Waals surface area contributed by atoms with Crippen LogP contribution < -0.4 is 4.74 Å². The van der Waals surface area contributed by atoms with Crippen LogP contribution in [0.25, 0.3) is 10.9 Å². The number of nitrogens with zero attached hydrogens (tertiary/aromatic N) is 3. The van der Waals surface area contributed by atoms with Crippen molar-refractivity contribution in [2.75, 3.05) is 39.9 Å². The number of aliphatic hydroxyl groups is 1. The molecule has 11 heteroatoms. The van der Waals surface area contributed by atoms with Crippen molar-refractivity contribution >= 4 is 38.4 Å². The van der Waals surface area contributed by atoms with Crippen molar-refractivity contribution in [3.63, 3.8) is 0 Å². The third-order valence-electron chi connectivity index (χ3n) is 9.39. The Morgan fingerprint density at radius 2 is 1.71 bits per heavy atom. The van der Waals surface area contributed by atoms with E-state index in [0.29, 0.717) is 29.8 Å². The molecule has 3 aromatic carbocycles. The average Bonchev–Trinajstić information content (AvgIpc) is 3.12. The van der Waals surface area contributed by atoms with Crippen LogP contribution in [0.4, 0.5) is 0 Å². The van der Waals surface area contributed by atoms with Gasteiger partial charge in [-0.3, -0.25) is 4.90 Å². The highest BCUT2D eigenvalue weighted by Gasteiger charge is 2.44. The Bertz CT molecular complexity index is 1690. The molecule has 2 fully saturated rings. The van der Waals surface area contributed by atoms with Gasteiger partial charge in [-0.1, -0.05) is 75.9 Å². The number of pyridine rings is 1. The Morgan fingerprint density at radius 3 is 2.37 bits per heavy atom. The molecule has 0 amide bonds. The molecule has 0 aliphatic carbocycles. The molecule has 0 saturated carbocycles. The van der Waals surface area contributed by atoms with E-state index >= 15 is 0 Å². The fourth-order valence-corrected chi connectivity index (χ4v) is 7.45. The van der Waals surface area contributed by atoms with Crippen LogP contribution in [0.1, 0.15) is 55.2 Å². The van der Waals surface area contributed by atoms with Gasteiger partial charge in [-0.15, -0.1) is 5.92 Å². The Kier molecular flexibility index (Phi) is 13.8. The van der Waals surface area contributed by atoms with E-state index in [-0.39, 0.29) is 12.5 Å². The number of methoxy groups -OCH3 is 1. The summed E-state index contributed by atoms with van der Waals surface area (Å²) in [5, 5.41) is 28.3. The molecule has 1 unspecified atom stereocenters. The summed E-state index contributed by atoms with van der Waals surface area (Å²) in [6.07, 6.45) is 3.71. The van der Waals surface area contributed by atoms with Crippen molar-refractivity contribution in [1.82, 2.24) is 14.8 Å². The third kappa shape index (κ3) is 10.0. The van der Waals surface area contributed by atoms with Gasteiger partial charge in [0, 0.05) is 52.0 Å². The van der Waals surface area contributed by atoms with E-state index in [1.165, 1.54) is 18.4 Å². The first-order chi connectivity index (χ1) is 23.8. The quantitative estimate of drug-likeness (QED) is 0.0734. The minimum Gasteiger partial charge on any atom is -0.481 e. The largest absolute Gasteiger partial charge is 0.481 e. The van der Waals surface area contributed by atoms with Crippen LogP contribution in [0.3, 0.4) is 0 Å². The highest BCUT2D eigenvalue weighted by Crippen LogP contribution is 2.45. The van der Waals surface area contributed by atoms with Gasteiger partial charge in [-0.05, 0) is 103 Å². The molecule has 49 heavy (non-hydrogen) atoms. The van der Waals surface area contributed by atoms with Gasteiger partial charge in [0.2, 0.25) is 5.88 Å². The number of benzene rings is 3. The molecule has 4 aromatic rings. The zero-order valence-corrected chi connectivity index (χ0v) is 30.2. The number of halogens is 2. The number of likely N-dealkylation sites (tertiary alicyclic amines) is 2. The second-order valence-electron chi connectivity index (χ2n) is 12.4. The van der Waals surface area contributed by atoms with E-state index in [9.17, 15) is 5.11 Å². The molecule has 1 aromatic heterocycles. The maximum atomic E-state index is 12.4.